The highest BCUT2D eigenvalue weighted by Crippen LogP contribution is 2.42. The fraction of sp³-hybridized carbons (Fsp3) is 0.517. The van der Waals surface area contributed by atoms with Gasteiger partial charge in [-0.1, -0.05) is 49.1 Å². The molecule has 1 aliphatic heterocycles. The minimum atomic E-state index is -3.88. The van der Waals surface area contributed by atoms with E-state index in [4.69, 9.17) is 11.6 Å². The first kappa shape index (κ1) is 30.1. The Morgan fingerprint density at radius 3 is 2.45 bits per heavy atom. The maximum absolute atomic E-state index is 14.1. The Balaban J connectivity index is 1.72. The molecule has 40 heavy (non-hydrogen) atoms. The molecule has 1 saturated carbocycles. The Hall–Kier alpha value is -2.82. The highest BCUT2D eigenvalue weighted by molar-refractivity contribution is 7.89. The minimum Gasteiger partial charge on any atom is -0.480 e. The fourth-order valence-electron chi connectivity index (χ4n) is 5.71. The van der Waals surface area contributed by atoms with Crippen LogP contribution in [0.5, 0.6) is 0 Å². The summed E-state index contributed by atoms with van der Waals surface area (Å²) in [5, 5.41) is 12.6. The maximum atomic E-state index is 14.1. The molecule has 9 nitrogen and oxygen atoms in total. The van der Waals surface area contributed by atoms with Crippen LogP contribution in [0.4, 0.5) is 16.2 Å². The molecule has 11 heteroatoms. The lowest BCUT2D eigenvalue weighted by Crippen LogP contribution is -2.46. The number of urea groups is 1. The van der Waals surface area contributed by atoms with E-state index in [-0.39, 0.29) is 29.7 Å². The number of likely N-dealkylation sites (N-methyl/N-ethyl adjacent to an activating group) is 1. The molecular weight excluding hydrogens is 552 g/mol. The summed E-state index contributed by atoms with van der Waals surface area (Å²) in [7, 11) is -0.635. The number of anilines is 2. The van der Waals surface area contributed by atoms with Crippen LogP contribution in [-0.4, -0.2) is 74.0 Å². The minimum absolute atomic E-state index is 0.0557. The van der Waals surface area contributed by atoms with Crippen molar-refractivity contribution in [3.63, 3.8) is 0 Å². The van der Waals surface area contributed by atoms with E-state index in [1.165, 1.54) is 15.6 Å². The lowest BCUT2D eigenvalue weighted by atomic mass is 9.83. The van der Waals surface area contributed by atoms with E-state index >= 15 is 0 Å². The van der Waals surface area contributed by atoms with E-state index in [0.29, 0.717) is 29.4 Å². The number of rotatable bonds is 8. The largest absolute Gasteiger partial charge is 0.480 e. The molecule has 0 spiro atoms. The Morgan fingerprint density at radius 1 is 1.15 bits per heavy atom. The van der Waals surface area contributed by atoms with Crippen molar-refractivity contribution in [2.24, 2.45) is 5.92 Å². The summed E-state index contributed by atoms with van der Waals surface area (Å²) in [6, 6.07) is 11.2. The number of carboxylic acids is 1. The van der Waals surface area contributed by atoms with Gasteiger partial charge in [0.2, 0.25) is 10.0 Å². The van der Waals surface area contributed by atoms with Crippen LogP contribution in [0.1, 0.15) is 51.0 Å². The second-order valence-electron chi connectivity index (χ2n) is 10.7. The van der Waals surface area contributed by atoms with E-state index in [1.807, 2.05) is 35.2 Å². The number of nitrogens with zero attached hydrogens (tertiary/aromatic N) is 3. The Labute approximate surface area is 242 Å². The van der Waals surface area contributed by atoms with Crippen LogP contribution in [-0.2, 0) is 21.2 Å². The van der Waals surface area contributed by atoms with Crippen molar-refractivity contribution < 1.29 is 23.1 Å². The fourth-order valence-corrected chi connectivity index (χ4v) is 7.59. The van der Waals surface area contributed by atoms with Gasteiger partial charge in [0.05, 0.1) is 5.69 Å². The molecule has 1 aliphatic carbocycles. The third-order valence-electron chi connectivity index (χ3n) is 8.29. The average Bonchev–Trinajstić information content (AvgIpc) is 3.03. The molecule has 1 unspecified atom stereocenters. The summed E-state index contributed by atoms with van der Waals surface area (Å²) in [6.45, 7) is 2.73. The smallest absolute Gasteiger partial charge is 0.326 e. The standard InChI is InChI=1S/C29H39ClN4O5S/c1-4-32(2)29(37)31-24(28(35)36)16-15-21-17-27-25(18-23(21)30)34(22-13-9-6-10-14-22)19-26(33(3)40(27,38)39)20-11-7-5-8-12-20/h6,9-10,13-14,17-18,20,24,26H,4-5,7-8,11-12,15-16,19H2,1-3H3,(H,31,37)(H,35,36)/t24?,26-/m0/s1. The summed E-state index contributed by atoms with van der Waals surface area (Å²) in [6.07, 6.45) is 5.58. The monoisotopic (exact) mass is 590 g/mol. The van der Waals surface area contributed by atoms with Crippen LogP contribution in [0.3, 0.4) is 0 Å². The summed E-state index contributed by atoms with van der Waals surface area (Å²) < 4.78 is 29.8. The van der Waals surface area contributed by atoms with Gasteiger partial charge in [0.1, 0.15) is 10.9 Å². The zero-order chi connectivity index (χ0) is 29.0. The SMILES string of the molecule is CCN(C)C(=O)NC(CCc1cc2c(cc1Cl)N(c1ccccc1)C[C@@H](C1CCCCC1)N(C)S2(=O)=O)C(=O)O. The van der Waals surface area contributed by atoms with Crippen molar-refractivity contribution in [3.8, 4) is 0 Å². The van der Waals surface area contributed by atoms with Crippen LogP contribution in [0, 0.1) is 5.92 Å². The lowest BCUT2D eigenvalue weighted by Gasteiger charge is -2.36. The lowest BCUT2D eigenvalue weighted by molar-refractivity contribution is -0.139. The molecule has 2 N–H and O–H groups in total. The molecule has 1 fully saturated rings. The van der Waals surface area contributed by atoms with E-state index in [1.54, 1.807) is 33.2 Å². The van der Waals surface area contributed by atoms with Gasteiger partial charge in [-0.05, 0) is 68.4 Å². The van der Waals surface area contributed by atoms with Crippen molar-refractivity contribution in [2.45, 2.75) is 68.8 Å². The molecule has 2 aromatic carbocycles. The molecular formula is C29H39ClN4O5S. The normalized spacial score (nSPS) is 20.3. The molecule has 0 bridgehead atoms. The van der Waals surface area contributed by atoms with Gasteiger partial charge in [0.15, 0.2) is 0 Å². The number of hydrogen-bond donors (Lipinski definition) is 2. The first-order valence-corrected chi connectivity index (χ1v) is 15.7. The van der Waals surface area contributed by atoms with Crippen molar-refractivity contribution in [2.75, 3.05) is 32.1 Å². The van der Waals surface area contributed by atoms with E-state index in [9.17, 15) is 23.1 Å². The number of sulfonamides is 1. The second kappa shape index (κ2) is 12.8. The van der Waals surface area contributed by atoms with Crippen LogP contribution >= 0.6 is 11.6 Å². The second-order valence-corrected chi connectivity index (χ2v) is 13.1. The van der Waals surface area contributed by atoms with Gasteiger partial charge in [-0.3, -0.25) is 0 Å². The number of fused-ring (bicyclic) bond motifs is 1. The Morgan fingerprint density at radius 2 is 1.82 bits per heavy atom. The van der Waals surface area contributed by atoms with Gasteiger partial charge >= 0.3 is 12.0 Å². The van der Waals surface area contributed by atoms with Gasteiger partial charge in [-0.15, -0.1) is 0 Å². The molecule has 0 radical (unpaired) electrons. The summed E-state index contributed by atoms with van der Waals surface area (Å²) in [5.41, 5.74) is 1.91. The van der Waals surface area contributed by atoms with E-state index < -0.39 is 28.1 Å². The number of carbonyl (C=O) groups is 2. The predicted molar refractivity (Wildman–Crippen MR) is 157 cm³/mol. The number of benzene rings is 2. The van der Waals surface area contributed by atoms with Crippen LogP contribution in [0.25, 0.3) is 0 Å². The first-order chi connectivity index (χ1) is 19.0. The van der Waals surface area contributed by atoms with Gasteiger partial charge in [0.25, 0.3) is 0 Å². The number of nitrogens with one attached hydrogen (secondary N) is 1. The van der Waals surface area contributed by atoms with Gasteiger partial charge in [0, 0.05) is 43.9 Å². The highest BCUT2D eigenvalue weighted by atomic mass is 35.5. The Kier molecular flexibility index (Phi) is 9.64. The zero-order valence-corrected chi connectivity index (χ0v) is 24.9. The van der Waals surface area contributed by atoms with Crippen LogP contribution in [0.2, 0.25) is 5.02 Å². The van der Waals surface area contributed by atoms with E-state index in [0.717, 1.165) is 31.4 Å². The molecule has 2 atom stereocenters. The summed E-state index contributed by atoms with van der Waals surface area (Å²) >= 11 is 6.75. The molecule has 4 rings (SSSR count). The first-order valence-electron chi connectivity index (χ1n) is 13.9. The van der Waals surface area contributed by atoms with Gasteiger partial charge < -0.3 is 20.2 Å². The summed E-state index contributed by atoms with van der Waals surface area (Å²) in [4.78, 5) is 27.8. The predicted octanol–water partition coefficient (Wildman–Crippen LogP) is 5.11. The number of carbonyl (C=O) groups excluding carboxylic acids is 1. The molecule has 218 valence electrons. The number of aliphatic carboxylic acids is 1. The molecule has 2 aromatic rings. The number of aryl methyl sites for hydroxylation is 1. The number of para-hydroxylation sites is 1. The number of amides is 2. The zero-order valence-electron chi connectivity index (χ0n) is 23.3. The quantitative estimate of drug-likeness (QED) is 0.442. The number of halogens is 1. The average molecular weight is 591 g/mol. The topological polar surface area (TPSA) is 110 Å². The third kappa shape index (κ3) is 6.39. The molecule has 1 heterocycles. The Bertz CT molecular complexity index is 1320. The summed E-state index contributed by atoms with van der Waals surface area (Å²) in [5.74, 6) is -0.910. The van der Waals surface area contributed by atoms with Crippen molar-refractivity contribution in [1.29, 1.82) is 0 Å². The van der Waals surface area contributed by atoms with Crippen molar-refractivity contribution in [1.82, 2.24) is 14.5 Å². The third-order valence-corrected chi connectivity index (χ3v) is 10.6. The van der Waals surface area contributed by atoms with Gasteiger partial charge in [-0.25, -0.2) is 18.0 Å². The number of hydrogen-bond acceptors (Lipinski definition) is 5. The number of carboxylic acid groups (broad SMARTS) is 1. The highest BCUT2D eigenvalue weighted by Gasteiger charge is 2.41. The van der Waals surface area contributed by atoms with Crippen LogP contribution < -0.4 is 10.2 Å². The van der Waals surface area contributed by atoms with Crippen molar-refractivity contribution >= 4 is 45.0 Å². The van der Waals surface area contributed by atoms with Crippen molar-refractivity contribution in [3.05, 3.63) is 53.1 Å². The maximum Gasteiger partial charge on any atom is 0.326 e. The molecule has 2 amide bonds. The van der Waals surface area contributed by atoms with E-state index in [2.05, 4.69) is 5.32 Å². The van der Waals surface area contributed by atoms with Crippen LogP contribution in [0.15, 0.2) is 47.4 Å². The molecule has 2 aliphatic rings. The molecule has 0 aromatic heterocycles. The molecule has 0 saturated heterocycles. The van der Waals surface area contributed by atoms with Gasteiger partial charge in [-0.2, -0.15) is 4.31 Å².